The molecule has 23 heavy (non-hydrogen) atoms. The second-order valence-corrected chi connectivity index (χ2v) is 6.65. The van der Waals surface area contributed by atoms with Crippen LogP contribution in [0, 0.1) is 20.4 Å². The predicted molar refractivity (Wildman–Crippen MR) is 94.7 cm³/mol. The molecule has 4 heteroatoms. The number of amides is 1. The van der Waals surface area contributed by atoms with Gasteiger partial charge in [-0.2, -0.15) is 0 Å². The maximum atomic E-state index is 13.1. The molecule has 1 aromatic rings. The van der Waals surface area contributed by atoms with Gasteiger partial charge in [-0.1, -0.05) is 12.1 Å². The number of benzene rings is 1. The van der Waals surface area contributed by atoms with Gasteiger partial charge in [-0.3, -0.25) is 4.79 Å². The fourth-order valence-corrected chi connectivity index (χ4v) is 4.05. The fraction of sp³-hybridized carbons (Fsp3) is 0.579. The van der Waals surface area contributed by atoms with Crippen LogP contribution in [-0.2, 0) is 4.79 Å². The van der Waals surface area contributed by atoms with Gasteiger partial charge in [0, 0.05) is 18.5 Å². The van der Waals surface area contributed by atoms with Gasteiger partial charge in [0.1, 0.15) is 0 Å². The average molecular weight is 314 g/mol. The Balaban J connectivity index is 2.32. The van der Waals surface area contributed by atoms with Crippen molar-refractivity contribution in [3.8, 4) is 0 Å². The molecule has 0 saturated heterocycles. The highest BCUT2D eigenvalue weighted by atomic mass is 16.2. The van der Waals surface area contributed by atoms with E-state index in [-0.39, 0.29) is 11.4 Å². The summed E-state index contributed by atoms with van der Waals surface area (Å²) in [6, 6.07) is 3.69. The van der Waals surface area contributed by atoms with Crippen molar-refractivity contribution in [3.05, 3.63) is 34.7 Å². The average Bonchev–Trinajstić information content (AvgIpc) is 3.35. The van der Waals surface area contributed by atoms with Crippen LogP contribution in [0.5, 0.6) is 0 Å². The van der Waals surface area contributed by atoms with Crippen LogP contribution in [0.2, 0.25) is 0 Å². The summed E-state index contributed by atoms with van der Waals surface area (Å²) in [5.74, 6) is 0.143. The summed E-state index contributed by atoms with van der Waals surface area (Å²) in [6.45, 7) is 20.6. The molecule has 0 unspecified atom stereocenters. The number of quaternary nitrogens is 1. The van der Waals surface area contributed by atoms with Crippen molar-refractivity contribution >= 4 is 17.3 Å². The van der Waals surface area contributed by atoms with E-state index < -0.39 is 0 Å². The van der Waals surface area contributed by atoms with Crippen LogP contribution in [0.15, 0.2) is 12.1 Å². The number of anilines is 1. The molecule has 0 bridgehead atoms. The Hall–Kier alpha value is -1.86. The van der Waals surface area contributed by atoms with Crippen molar-refractivity contribution in [1.29, 1.82) is 0 Å². The number of hydrogen-bond acceptors (Lipinski definition) is 1. The molecule has 1 amide bonds. The van der Waals surface area contributed by atoms with E-state index >= 15 is 0 Å². The number of nitrogens with zero attached hydrogens (tertiary/aromatic N) is 2. The Morgan fingerprint density at radius 2 is 1.65 bits per heavy atom. The van der Waals surface area contributed by atoms with Gasteiger partial charge in [0.2, 0.25) is 0 Å². The number of nitrogens with one attached hydrogen (secondary N) is 1. The third-order valence-electron chi connectivity index (χ3n) is 5.76. The third kappa shape index (κ3) is 2.74. The van der Waals surface area contributed by atoms with E-state index in [4.69, 9.17) is 6.57 Å². The van der Waals surface area contributed by atoms with Gasteiger partial charge in [0.05, 0.1) is 26.2 Å². The molecule has 1 saturated carbocycles. The van der Waals surface area contributed by atoms with Crippen molar-refractivity contribution in [2.45, 2.75) is 53.0 Å². The summed E-state index contributed by atoms with van der Waals surface area (Å²) in [5.41, 5.74) is 3.15. The molecule has 0 radical (unpaired) electrons. The minimum Gasteiger partial charge on any atom is -0.320 e. The molecule has 1 fully saturated rings. The van der Waals surface area contributed by atoms with Crippen LogP contribution in [0.3, 0.4) is 0 Å². The molecule has 2 rings (SSSR count). The lowest BCUT2D eigenvalue weighted by Gasteiger charge is -2.43. The molecule has 124 valence electrons. The fourth-order valence-electron chi connectivity index (χ4n) is 4.05. The molecule has 0 atom stereocenters. The van der Waals surface area contributed by atoms with E-state index in [2.05, 4.69) is 30.9 Å². The van der Waals surface area contributed by atoms with Gasteiger partial charge in [0.15, 0.2) is 11.2 Å². The highest BCUT2D eigenvalue weighted by molar-refractivity contribution is 6.00. The summed E-state index contributed by atoms with van der Waals surface area (Å²) in [6.07, 6.45) is 1.93. The maximum Gasteiger partial charge on any atom is 0.285 e. The molecule has 1 aliphatic rings. The lowest BCUT2D eigenvalue weighted by molar-refractivity contribution is -0.947. The Kier molecular flexibility index (Phi) is 4.81. The molecular formula is C19H28N3O+. The van der Waals surface area contributed by atoms with Gasteiger partial charge >= 0.3 is 0 Å². The normalized spacial score (nSPS) is 15.8. The maximum absolute atomic E-state index is 13.1. The first-order valence-corrected chi connectivity index (χ1v) is 8.56. The number of carbonyl (C=O) groups is 1. The minimum absolute atomic E-state index is 0.143. The second-order valence-electron chi connectivity index (χ2n) is 6.65. The summed E-state index contributed by atoms with van der Waals surface area (Å²) in [4.78, 5) is 16.6. The Labute approximate surface area is 139 Å². The van der Waals surface area contributed by atoms with Crippen LogP contribution >= 0.6 is 0 Å². The summed E-state index contributed by atoms with van der Waals surface area (Å²) >= 11 is 0. The van der Waals surface area contributed by atoms with Gasteiger partial charge in [-0.25, -0.2) is 4.85 Å². The number of carbonyl (C=O) groups excluding carboxylic acids is 1. The molecule has 1 N–H and O–H groups in total. The lowest BCUT2D eigenvalue weighted by Crippen LogP contribution is -2.61. The first-order chi connectivity index (χ1) is 10.9. The minimum atomic E-state index is -0.268. The van der Waals surface area contributed by atoms with Crippen molar-refractivity contribution in [2.24, 2.45) is 0 Å². The van der Waals surface area contributed by atoms with Gasteiger partial charge < -0.3 is 9.80 Å². The molecule has 4 nitrogen and oxygen atoms in total. The van der Waals surface area contributed by atoms with Crippen molar-refractivity contribution in [1.82, 2.24) is 0 Å². The highest BCUT2D eigenvalue weighted by Crippen LogP contribution is 2.48. The van der Waals surface area contributed by atoms with E-state index in [1.54, 1.807) is 0 Å². The largest absolute Gasteiger partial charge is 0.320 e. The molecular weight excluding hydrogens is 286 g/mol. The molecule has 0 aromatic heterocycles. The quantitative estimate of drug-likeness (QED) is 0.619. The lowest BCUT2D eigenvalue weighted by atomic mass is 10.0. The molecule has 1 aromatic carbocycles. The Bertz CT molecular complexity index is 618. The first-order valence-electron chi connectivity index (χ1n) is 8.56. The van der Waals surface area contributed by atoms with E-state index in [9.17, 15) is 4.79 Å². The second kappa shape index (κ2) is 6.33. The number of rotatable bonds is 6. The van der Waals surface area contributed by atoms with Crippen LogP contribution in [0.1, 0.15) is 44.7 Å². The highest BCUT2D eigenvalue weighted by Gasteiger charge is 2.64. The van der Waals surface area contributed by atoms with Crippen molar-refractivity contribution < 1.29 is 9.28 Å². The zero-order valence-electron chi connectivity index (χ0n) is 15.0. The monoisotopic (exact) mass is 314 g/mol. The zero-order chi connectivity index (χ0) is 17.3. The summed E-state index contributed by atoms with van der Waals surface area (Å²) in [7, 11) is 0. The van der Waals surface area contributed by atoms with E-state index in [1.165, 1.54) is 0 Å². The number of hydrogen-bond donors (Lipinski definition) is 1. The third-order valence-corrected chi connectivity index (χ3v) is 5.76. The summed E-state index contributed by atoms with van der Waals surface area (Å²) in [5, 5.41) is 3.18. The molecule has 0 aliphatic heterocycles. The smallest absolute Gasteiger partial charge is 0.285 e. The van der Waals surface area contributed by atoms with E-state index in [0.717, 1.165) is 53.8 Å². The Morgan fingerprint density at radius 1 is 1.17 bits per heavy atom. The Morgan fingerprint density at radius 3 is 2.00 bits per heavy atom. The van der Waals surface area contributed by atoms with E-state index in [1.807, 2.05) is 26.0 Å². The first kappa shape index (κ1) is 17.5. The van der Waals surface area contributed by atoms with Crippen molar-refractivity contribution in [3.63, 3.8) is 0 Å². The molecule has 1 aliphatic carbocycles. The van der Waals surface area contributed by atoms with Crippen LogP contribution in [0.4, 0.5) is 11.4 Å². The van der Waals surface area contributed by atoms with Crippen LogP contribution < -0.4 is 5.32 Å². The standard InChI is InChI=1S/C19H27N3O/c1-7-22(8-2,9-3)19(10-11-19)18(23)21-17-14(4)12-16(20-6)13-15(17)5/h12-13H,7-11H2,1-5H3/p+1. The summed E-state index contributed by atoms with van der Waals surface area (Å²) < 4.78 is 0.858. The number of aryl methyl sites for hydroxylation is 2. The molecule has 0 spiro atoms. The topological polar surface area (TPSA) is 33.5 Å². The zero-order valence-corrected chi connectivity index (χ0v) is 15.0. The predicted octanol–water partition coefficient (Wildman–Crippen LogP) is 4.20. The van der Waals surface area contributed by atoms with Crippen molar-refractivity contribution in [2.75, 3.05) is 25.0 Å². The van der Waals surface area contributed by atoms with Crippen LogP contribution in [-0.4, -0.2) is 35.6 Å². The van der Waals surface area contributed by atoms with Gasteiger partial charge in [-0.15, -0.1) is 0 Å². The van der Waals surface area contributed by atoms with E-state index in [0.29, 0.717) is 5.69 Å². The van der Waals surface area contributed by atoms with Gasteiger partial charge in [0.25, 0.3) is 5.91 Å². The SMILES string of the molecule is [C-]#[N+]c1cc(C)c(NC(=O)C2([N+](CC)(CC)CC)CC2)c(C)c1. The molecule has 0 heterocycles. The number of likely N-dealkylation sites (N-methyl/N-ethyl adjacent to an activating group) is 1. The van der Waals surface area contributed by atoms with Gasteiger partial charge in [-0.05, 0) is 45.7 Å². The van der Waals surface area contributed by atoms with Crippen LogP contribution in [0.25, 0.3) is 4.85 Å².